The Morgan fingerprint density at radius 3 is 1.94 bits per heavy atom. The zero-order valence-corrected chi connectivity index (χ0v) is 9.02. The van der Waals surface area contributed by atoms with Gasteiger partial charge in [0.1, 0.15) is 6.61 Å². The van der Waals surface area contributed by atoms with Crippen molar-refractivity contribution in [3.63, 3.8) is 0 Å². The van der Waals surface area contributed by atoms with E-state index < -0.39 is 41.3 Å². The molecule has 0 bridgehead atoms. The molecule has 0 fully saturated rings. The molecule has 0 saturated carbocycles. The number of hydrogen-bond donors (Lipinski definition) is 1. The third-order valence-electron chi connectivity index (χ3n) is 1.95. The number of rotatable bonds is 5. The van der Waals surface area contributed by atoms with Gasteiger partial charge in [-0.2, -0.15) is 0 Å². The van der Waals surface area contributed by atoms with Crippen LogP contribution in [0.3, 0.4) is 0 Å². The highest BCUT2D eigenvalue weighted by molar-refractivity contribution is 5.56. The summed E-state index contributed by atoms with van der Waals surface area (Å²) < 4.78 is 64.4. The maximum Gasteiger partial charge on any atom is 0.200 e. The smallest absolute Gasteiger partial charge is 0.200 e. The largest absolute Gasteiger partial charge is 0.391 e. The molecule has 0 unspecified atom stereocenters. The van der Waals surface area contributed by atoms with Gasteiger partial charge in [-0.1, -0.05) is 5.16 Å². The summed E-state index contributed by atoms with van der Waals surface area (Å²) in [5.41, 5.74) is 4.05. The Balaban J connectivity index is 2.89. The van der Waals surface area contributed by atoms with Gasteiger partial charge in [0, 0.05) is 6.21 Å². The summed E-state index contributed by atoms with van der Waals surface area (Å²) in [6.45, 7) is -0.581. The molecule has 3 nitrogen and oxygen atoms in total. The number of nitrogens with two attached hydrogens (primary N) is 1. The average molecular weight is 268 g/mol. The minimum absolute atomic E-state index is 0.287. The van der Waals surface area contributed by atoms with E-state index in [-0.39, 0.29) is 6.54 Å². The summed E-state index contributed by atoms with van der Waals surface area (Å²) in [5, 5.41) is 3.24. The monoisotopic (exact) mass is 268 g/mol. The molecule has 1 aromatic rings. The van der Waals surface area contributed by atoms with Crippen molar-refractivity contribution in [2.45, 2.75) is 13.0 Å². The lowest BCUT2D eigenvalue weighted by molar-refractivity contribution is 0.124. The molecule has 0 atom stereocenters. The molecule has 100 valence electrons. The molecule has 0 aliphatic heterocycles. The maximum absolute atomic E-state index is 13.1. The number of hydrogen-bond acceptors (Lipinski definition) is 3. The molecule has 0 aliphatic carbocycles. The Kier molecular flexibility index (Phi) is 5.02. The molecule has 1 aromatic carbocycles. The zero-order valence-electron chi connectivity index (χ0n) is 9.02. The van der Waals surface area contributed by atoms with Gasteiger partial charge in [0.25, 0.3) is 0 Å². The van der Waals surface area contributed by atoms with E-state index in [9.17, 15) is 22.0 Å². The standard InChI is InChI=1S/C10H9F5N2O/c11-6-5(4-18-17-3-1-2-16)7(12)9(14)10(15)8(6)13/h3H,1-2,4,16H2. The van der Waals surface area contributed by atoms with E-state index in [1.807, 2.05) is 0 Å². The predicted octanol–water partition coefficient (Wildman–Crippen LogP) is 2.23. The van der Waals surface area contributed by atoms with Crippen molar-refractivity contribution in [2.24, 2.45) is 10.9 Å². The fourth-order valence-electron chi connectivity index (χ4n) is 1.06. The van der Waals surface area contributed by atoms with Crippen LogP contribution < -0.4 is 5.73 Å². The van der Waals surface area contributed by atoms with E-state index in [0.29, 0.717) is 6.42 Å². The molecule has 0 spiro atoms. The Hall–Kier alpha value is -1.70. The molecule has 0 aromatic heterocycles. The highest BCUT2D eigenvalue weighted by Crippen LogP contribution is 2.23. The first kappa shape index (κ1) is 14.4. The minimum Gasteiger partial charge on any atom is -0.391 e. The molecule has 0 aliphatic rings. The van der Waals surface area contributed by atoms with Crippen LogP contribution >= 0.6 is 0 Å². The quantitative estimate of drug-likeness (QED) is 0.293. The lowest BCUT2D eigenvalue weighted by Crippen LogP contribution is -2.07. The van der Waals surface area contributed by atoms with Gasteiger partial charge < -0.3 is 10.6 Å². The third-order valence-corrected chi connectivity index (χ3v) is 1.95. The Morgan fingerprint density at radius 1 is 0.944 bits per heavy atom. The number of benzene rings is 1. The summed E-state index contributed by atoms with van der Waals surface area (Å²) in [4.78, 5) is 4.41. The Labute approximate surface area is 99.0 Å². The van der Waals surface area contributed by atoms with E-state index in [1.165, 1.54) is 6.21 Å². The van der Waals surface area contributed by atoms with Gasteiger partial charge in [0.05, 0.1) is 5.56 Å². The fraction of sp³-hybridized carbons (Fsp3) is 0.300. The molecule has 0 saturated heterocycles. The van der Waals surface area contributed by atoms with Crippen LogP contribution in [0.25, 0.3) is 0 Å². The maximum atomic E-state index is 13.1. The zero-order chi connectivity index (χ0) is 13.7. The van der Waals surface area contributed by atoms with Crippen molar-refractivity contribution in [3.05, 3.63) is 34.6 Å². The van der Waals surface area contributed by atoms with E-state index >= 15 is 0 Å². The molecule has 8 heteroatoms. The van der Waals surface area contributed by atoms with Crippen LogP contribution in [-0.4, -0.2) is 12.8 Å². The number of halogens is 5. The molecule has 18 heavy (non-hydrogen) atoms. The van der Waals surface area contributed by atoms with Crippen LogP contribution in [-0.2, 0) is 11.4 Å². The summed E-state index contributed by atoms with van der Waals surface area (Å²) in [6.07, 6.45) is 1.57. The van der Waals surface area contributed by atoms with Crippen LogP contribution in [0.4, 0.5) is 22.0 Å². The first-order valence-electron chi connectivity index (χ1n) is 4.84. The van der Waals surface area contributed by atoms with Crippen molar-refractivity contribution in [1.82, 2.24) is 0 Å². The first-order valence-corrected chi connectivity index (χ1v) is 4.84. The second-order valence-electron chi connectivity index (χ2n) is 3.19. The van der Waals surface area contributed by atoms with Gasteiger partial charge in [-0.25, -0.2) is 22.0 Å². The average Bonchev–Trinajstić information content (AvgIpc) is 2.37. The summed E-state index contributed by atoms with van der Waals surface area (Å²) in [5.74, 6) is -10.1. The molecule has 0 radical (unpaired) electrons. The van der Waals surface area contributed by atoms with Crippen LogP contribution in [0.2, 0.25) is 0 Å². The highest BCUT2D eigenvalue weighted by atomic mass is 19.2. The predicted molar refractivity (Wildman–Crippen MR) is 53.2 cm³/mol. The van der Waals surface area contributed by atoms with E-state index in [1.54, 1.807) is 0 Å². The minimum atomic E-state index is -2.21. The first-order chi connectivity index (χ1) is 8.50. The van der Waals surface area contributed by atoms with E-state index in [0.717, 1.165) is 0 Å². The highest BCUT2D eigenvalue weighted by Gasteiger charge is 2.25. The number of nitrogens with zero attached hydrogens (tertiary/aromatic N) is 1. The molecule has 0 heterocycles. The summed E-state index contributed by atoms with van der Waals surface area (Å²) in [6, 6.07) is 0. The topological polar surface area (TPSA) is 47.6 Å². The van der Waals surface area contributed by atoms with Gasteiger partial charge in [-0.05, 0) is 13.0 Å². The fourth-order valence-corrected chi connectivity index (χ4v) is 1.06. The lowest BCUT2D eigenvalue weighted by Gasteiger charge is -2.06. The normalized spacial score (nSPS) is 11.2. The van der Waals surface area contributed by atoms with Gasteiger partial charge in [0.15, 0.2) is 23.3 Å². The number of oxime groups is 1. The van der Waals surface area contributed by atoms with Gasteiger partial charge in [0.2, 0.25) is 5.82 Å². The Morgan fingerprint density at radius 2 is 1.44 bits per heavy atom. The molecule has 1 rings (SSSR count). The SMILES string of the molecule is NCCC=NOCc1c(F)c(F)c(F)c(F)c1F. The van der Waals surface area contributed by atoms with Gasteiger partial charge in [-0.3, -0.25) is 0 Å². The van der Waals surface area contributed by atoms with Crippen molar-refractivity contribution in [1.29, 1.82) is 0 Å². The van der Waals surface area contributed by atoms with Crippen molar-refractivity contribution < 1.29 is 26.8 Å². The van der Waals surface area contributed by atoms with E-state index in [4.69, 9.17) is 5.73 Å². The molecule has 2 N–H and O–H groups in total. The van der Waals surface area contributed by atoms with Crippen LogP contribution in [0, 0.1) is 29.1 Å². The molecular weight excluding hydrogens is 259 g/mol. The lowest BCUT2D eigenvalue weighted by atomic mass is 10.2. The van der Waals surface area contributed by atoms with E-state index in [2.05, 4.69) is 9.99 Å². The van der Waals surface area contributed by atoms with Crippen molar-refractivity contribution in [3.8, 4) is 0 Å². The third kappa shape index (κ3) is 2.95. The van der Waals surface area contributed by atoms with Crippen LogP contribution in [0.1, 0.15) is 12.0 Å². The van der Waals surface area contributed by atoms with Crippen LogP contribution in [0.5, 0.6) is 0 Å². The second-order valence-corrected chi connectivity index (χ2v) is 3.19. The van der Waals surface area contributed by atoms with Crippen molar-refractivity contribution in [2.75, 3.05) is 6.54 Å². The van der Waals surface area contributed by atoms with Crippen LogP contribution in [0.15, 0.2) is 5.16 Å². The van der Waals surface area contributed by atoms with Gasteiger partial charge >= 0.3 is 0 Å². The molecular formula is C10H9F5N2O. The van der Waals surface area contributed by atoms with Crippen molar-refractivity contribution >= 4 is 6.21 Å². The molecule has 0 amide bonds. The Bertz CT molecular complexity index is 435. The second kappa shape index (κ2) is 6.29. The summed E-state index contributed by atoms with van der Waals surface area (Å²) in [7, 11) is 0. The summed E-state index contributed by atoms with van der Waals surface area (Å²) >= 11 is 0. The van der Waals surface area contributed by atoms with Gasteiger partial charge in [-0.15, -0.1) is 0 Å².